The number of hydrogen-bond donors (Lipinski definition) is 1. The molecule has 7 nitrogen and oxygen atoms in total. The lowest BCUT2D eigenvalue weighted by atomic mass is 10.1. The first-order chi connectivity index (χ1) is 9.99. The van der Waals surface area contributed by atoms with Gasteiger partial charge in [-0.3, -0.25) is 14.9 Å². The van der Waals surface area contributed by atoms with Crippen molar-refractivity contribution in [2.75, 3.05) is 5.32 Å². The predicted molar refractivity (Wildman–Crippen MR) is 74.7 cm³/mol. The van der Waals surface area contributed by atoms with Crippen molar-refractivity contribution in [2.45, 2.75) is 6.92 Å². The summed E-state index contributed by atoms with van der Waals surface area (Å²) in [5.41, 5.74) is 1.02. The largest absolute Gasteiger partial charge is 0.307 e. The second-order valence-corrected chi connectivity index (χ2v) is 4.31. The van der Waals surface area contributed by atoms with Gasteiger partial charge in [0.1, 0.15) is 11.9 Å². The Balaban J connectivity index is 2.23. The SMILES string of the molecule is Cc1cc(C(=O)Nc2ccc(C#N)cn2)cc([N+](=O)[O-])c1. The van der Waals surface area contributed by atoms with Crippen molar-refractivity contribution in [3.05, 3.63) is 63.3 Å². The van der Waals surface area contributed by atoms with Gasteiger partial charge in [-0.2, -0.15) is 5.26 Å². The van der Waals surface area contributed by atoms with E-state index in [-0.39, 0.29) is 17.1 Å². The van der Waals surface area contributed by atoms with Crippen LogP contribution in [-0.4, -0.2) is 15.8 Å². The number of nitro groups is 1. The van der Waals surface area contributed by atoms with E-state index in [2.05, 4.69) is 10.3 Å². The molecule has 1 N–H and O–H groups in total. The molecule has 0 aliphatic carbocycles. The molecule has 1 aromatic carbocycles. The number of carbonyl (C=O) groups excluding carboxylic acids is 1. The lowest BCUT2D eigenvalue weighted by Crippen LogP contribution is -2.13. The van der Waals surface area contributed by atoms with Crippen LogP contribution in [-0.2, 0) is 0 Å². The van der Waals surface area contributed by atoms with Crippen molar-refractivity contribution >= 4 is 17.4 Å². The van der Waals surface area contributed by atoms with Gasteiger partial charge in [-0.25, -0.2) is 4.98 Å². The number of anilines is 1. The molecule has 0 aliphatic rings. The number of nitro benzene ring substituents is 1. The van der Waals surface area contributed by atoms with E-state index in [0.29, 0.717) is 11.1 Å². The average molecular weight is 282 g/mol. The third kappa shape index (κ3) is 3.39. The second kappa shape index (κ2) is 5.79. The first-order valence-electron chi connectivity index (χ1n) is 5.93. The standard InChI is InChI=1S/C14H10N4O3/c1-9-4-11(6-12(5-9)18(20)21)14(19)17-13-3-2-10(7-15)8-16-13/h2-6,8H,1H3,(H,16,17,19). The number of hydrogen-bond acceptors (Lipinski definition) is 5. The Morgan fingerprint density at radius 1 is 1.38 bits per heavy atom. The zero-order valence-electron chi connectivity index (χ0n) is 11.0. The lowest BCUT2D eigenvalue weighted by molar-refractivity contribution is -0.384. The summed E-state index contributed by atoms with van der Waals surface area (Å²) in [4.78, 5) is 26.2. The maximum atomic E-state index is 12.1. The van der Waals surface area contributed by atoms with E-state index in [1.807, 2.05) is 6.07 Å². The van der Waals surface area contributed by atoms with Crippen LogP contribution in [0.5, 0.6) is 0 Å². The van der Waals surface area contributed by atoms with E-state index in [9.17, 15) is 14.9 Å². The van der Waals surface area contributed by atoms with Crippen molar-refractivity contribution in [3.63, 3.8) is 0 Å². The molecule has 0 radical (unpaired) electrons. The minimum atomic E-state index is -0.552. The molecule has 0 atom stereocenters. The fourth-order valence-electron chi connectivity index (χ4n) is 1.72. The van der Waals surface area contributed by atoms with Crippen molar-refractivity contribution in [3.8, 4) is 6.07 Å². The molecule has 0 saturated carbocycles. The Kier molecular flexibility index (Phi) is 3.90. The van der Waals surface area contributed by atoms with Gasteiger partial charge in [-0.1, -0.05) is 0 Å². The van der Waals surface area contributed by atoms with Gasteiger partial charge in [-0.05, 0) is 30.7 Å². The minimum absolute atomic E-state index is 0.145. The van der Waals surface area contributed by atoms with Gasteiger partial charge in [0, 0.05) is 23.9 Å². The minimum Gasteiger partial charge on any atom is -0.307 e. The molecule has 0 fully saturated rings. The third-order valence-electron chi connectivity index (χ3n) is 2.67. The highest BCUT2D eigenvalue weighted by atomic mass is 16.6. The van der Waals surface area contributed by atoms with Crippen molar-refractivity contribution in [1.82, 2.24) is 4.98 Å². The number of nitrogens with zero attached hydrogens (tertiary/aromatic N) is 3. The average Bonchev–Trinajstić information content (AvgIpc) is 2.47. The number of amides is 1. The highest BCUT2D eigenvalue weighted by Gasteiger charge is 2.13. The molecule has 1 amide bonds. The molecule has 21 heavy (non-hydrogen) atoms. The van der Waals surface area contributed by atoms with Gasteiger partial charge < -0.3 is 5.32 Å². The maximum absolute atomic E-state index is 12.1. The predicted octanol–water partition coefficient (Wildman–Crippen LogP) is 2.42. The van der Waals surface area contributed by atoms with E-state index < -0.39 is 10.8 Å². The number of aryl methyl sites for hydroxylation is 1. The van der Waals surface area contributed by atoms with Crippen molar-refractivity contribution < 1.29 is 9.72 Å². The molecule has 0 unspecified atom stereocenters. The van der Waals surface area contributed by atoms with Crippen LogP contribution in [0.2, 0.25) is 0 Å². The molecule has 0 aliphatic heterocycles. The van der Waals surface area contributed by atoms with Crippen LogP contribution >= 0.6 is 0 Å². The number of nitriles is 1. The number of nitrogens with one attached hydrogen (secondary N) is 1. The van der Waals surface area contributed by atoms with Gasteiger partial charge in [0.05, 0.1) is 10.5 Å². The van der Waals surface area contributed by atoms with Crippen LogP contribution < -0.4 is 5.32 Å². The summed E-state index contributed by atoms with van der Waals surface area (Å²) in [6.45, 7) is 1.67. The normalized spacial score (nSPS) is 9.71. The molecule has 0 saturated heterocycles. The lowest BCUT2D eigenvalue weighted by Gasteiger charge is -2.05. The van der Waals surface area contributed by atoms with E-state index in [1.54, 1.807) is 13.0 Å². The Hall–Kier alpha value is -3.27. The summed E-state index contributed by atoms with van der Waals surface area (Å²) >= 11 is 0. The number of pyridine rings is 1. The summed E-state index contributed by atoms with van der Waals surface area (Å²) in [6, 6.07) is 9.05. The molecule has 7 heteroatoms. The first kappa shape index (κ1) is 14.1. The fraction of sp³-hybridized carbons (Fsp3) is 0.0714. The maximum Gasteiger partial charge on any atom is 0.270 e. The molecular weight excluding hydrogens is 272 g/mol. The van der Waals surface area contributed by atoms with Crippen LogP contribution in [0, 0.1) is 28.4 Å². The number of rotatable bonds is 3. The molecule has 0 spiro atoms. The smallest absolute Gasteiger partial charge is 0.270 e. The van der Waals surface area contributed by atoms with Crippen LogP contribution in [0.25, 0.3) is 0 Å². The number of aromatic nitrogens is 1. The Labute approximate surface area is 120 Å². The Bertz CT molecular complexity index is 748. The summed E-state index contributed by atoms with van der Waals surface area (Å²) < 4.78 is 0. The van der Waals surface area contributed by atoms with Crippen molar-refractivity contribution in [2.24, 2.45) is 0 Å². The van der Waals surface area contributed by atoms with E-state index in [4.69, 9.17) is 5.26 Å². The Morgan fingerprint density at radius 2 is 2.14 bits per heavy atom. The van der Waals surface area contributed by atoms with Crippen LogP contribution in [0.4, 0.5) is 11.5 Å². The Morgan fingerprint density at radius 3 is 2.71 bits per heavy atom. The zero-order chi connectivity index (χ0) is 15.4. The summed E-state index contributed by atoms with van der Waals surface area (Å²) in [5.74, 6) is -0.234. The van der Waals surface area contributed by atoms with Gasteiger partial charge in [0.2, 0.25) is 0 Å². The molecule has 2 rings (SSSR count). The van der Waals surface area contributed by atoms with E-state index >= 15 is 0 Å². The molecule has 1 aromatic heterocycles. The van der Waals surface area contributed by atoms with Gasteiger partial charge >= 0.3 is 0 Å². The highest BCUT2D eigenvalue weighted by molar-refractivity contribution is 6.04. The summed E-state index contributed by atoms with van der Waals surface area (Å²) in [7, 11) is 0. The molecular formula is C14H10N4O3. The van der Waals surface area contributed by atoms with Crippen LogP contribution in [0.1, 0.15) is 21.5 Å². The quantitative estimate of drug-likeness (QED) is 0.686. The molecule has 104 valence electrons. The molecule has 0 bridgehead atoms. The third-order valence-corrected chi connectivity index (χ3v) is 2.67. The van der Waals surface area contributed by atoms with E-state index in [0.717, 1.165) is 0 Å². The number of benzene rings is 1. The van der Waals surface area contributed by atoms with Crippen molar-refractivity contribution in [1.29, 1.82) is 5.26 Å². The monoisotopic (exact) mass is 282 g/mol. The number of carbonyl (C=O) groups is 1. The van der Waals surface area contributed by atoms with Gasteiger partial charge in [0.25, 0.3) is 11.6 Å². The molecule has 1 heterocycles. The highest BCUT2D eigenvalue weighted by Crippen LogP contribution is 2.17. The van der Waals surface area contributed by atoms with Gasteiger partial charge in [-0.15, -0.1) is 0 Å². The van der Waals surface area contributed by atoms with Crippen LogP contribution in [0.3, 0.4) is 0 Å². The number of non-ortho nitro benzene ring substituents is 1. The molecule has 2 aromatic rings. The summed E-state index contributed by atoms with van der Waals surface area (Å²) in [5, 5.41) is 22.0. The van der Waals surface area contributed by atoms with Gasteiger partial charge in [0.15, 0.2) is 0 Å². The summed E-state index contributed by atoms with van der Waals surface area (Å²) in [6.07, 6.45) is 1.33. The topological polar surface area (TPSA) is 109 Å². The van der Waals surface area contributed by atoms with E-state index in [1.165, 1.54) is 30.5 Å². The zero-order valence-corrected chi connectivity index (χ0v) is 11.0. The van der Waals surface area contributed by atoms with Crippen LogP contribution in [0.15, 0.2) is 36.5 Å². The first-order valence-corrected chi connectivity index (χ1v) is 5.93. The second-order valence-electron chi connectivity index (χ2n) is 4.31. The fourth-order valence-corrected chi connectivity index (χ4v) is 1.72.